The first-order valence-corrected chi connectivity index (χ1v) is 7.06. The summed E-state index contributed by atoms with van der Waals surface area (Å²) in [6.07, 6.45) is 0. The van der Waals surface area contributed by atoms with Gasteiger partial charge in [-0.05, 0) is 19.1 Å². The van der Waals surface area contributed by atoms with Crippen LogP contribution in [-0.2, 0) is 9.59 Å². The third-order valence-electron chi connectivity index (χ3n) is 3.47. The van der Waals surface area contributed by atoms with Crippen LogP contribution in [0.1, 0.15) is 11.1 Å². The monoisotopic (exact) mass is 306 g/mol. The normalized spacial score (nSPS) is 14.0. The van der Waals surface area contributed by atoms with Crippen molar-refractivity contribution in [2.45, 2.75) is 6.92 Å². The van der Waals surface area contributed by atoms with Crippen molar-refractivity contribution in [3.63, 3.8) is 0 Å². The highest BCUT2D eigenvalue weighted by molar-refractivity contribution is 6.38. The first-order valence-electron chi connectivity index (χ1n) is 7.06. The predicted molar refractivity (Wildman–Crippen MR) is 87.4 cm³/mol. The summed E-state index contributed by atoms with van der Waals surface area (Å²) in [6.45, 7) is 1.94. The summed E-state index contributed by atoms with van der Waals surface area (Å²) >= 11 is 0. The van der Waals surface area contributed by atoms with Crippen molar-refractivity contribution in [2.75, 3.05) is 5.32 Å². The van der Waals surface area contributed by atoms with Crippen molar-refractivity contribution in [1.29, 1.82) is 0 Å². The summed E-state index contributed by atoms with van der Waals surface area (Å²) in [5, 5.41) is 12.6. The van der Waals surface area contributed by atoms with Crippen LogP contribution in [0.5, 0.6) is 0 Å². The van der Waals surface area contributed by atoms with Crippen molar-refractivity contribution in [3.05, 3.63) is 77.1 Å². The fourth-order valence-corrected chi connectivity index (χ4v) is 2.28. The minimum Gasteiger partial charge on any atom is -0.502 e. The van der Waals surface area contributed by atoms with Gasteiger partial charge in [0.25, 0.3) is 5.91 Å². The van der Waals surface area contributed by atoms with E-state index in [-0.39, 0.29) is 11.3 Å². The number of carbonyl (C=O) groups is 2. The number of aliphatic imine (C=N–C) groups is 1. The summed E-state index contributed by atoms with van der Waals surface area (Å²) in [5.74, 6) is -2.01. The average Bonchev–Trinajstić information content (AvgIpc) is 2.86. The second-order valence-electron chi connectivity index (χ2n) is 5.18. The lowest BCUT2D eigenvalue weighted by Crippen LogP contribution is -2.21. The highest BCUT2D eigenvalue weighted by Crippen LogP contribution is 2.22. The number of carbonyl (C=O) groups excluding carboxylic acids is 2. The molecule has 2 aromatic carbocycles. The molecule has 3 rings (SSSR count). The Hall–Kier alpha value is -3.21. The fourth-order valence-electron chi connectivity index (χ4n) is 2.28. The Morgan fingerprint density at radius 1 is 1.04 bits per heavy atom. The van der Waals surface area contributed by atoms with E-state index in [0.29, 0.717) is 11.3 Å². The minimum atomic E-state index is -0.807. The van der Waals surface area contributed by atoms with Gasteiger partial charge in [0.1, 0.15) is 5.57 Å². The molecule has 2 aromatic rings. The summed E-state index contributed by atoms with van der Waals surface area (Å²) in [5.41, 5.74) is 2.30. The third-order valence-corrected chi connectivity index (χ3v) is 3.47. The molecule has 0 bridgehead atoms. The molecule has 0 atom stereocenters. The van der Waals surface area contributed by atoms with Gasteiger partial charge in [-0.25, -0.2) is 4.99 Å². The Labute approximate surface area is 133 Å². The molecule has 2 amide bonds. The van der Waals surface area contributed by atoms with Crippen LogP contribution < -0.4 is 5.32 Å². The number of nitrogens with one attached hydrogen (secondary N) is 1. The summed E-state index contributed by atoms with van der Waals surface area (Å²) in [6, 6.07) is 16.0. The van der Waals surface area contributed by atoms with Gasteiger partial charge in [0.05, 0.1) is 5.71 Å². The van der Waals surface area contributed by atoms with E-state index in [2.05, 4.69) is 10.3 Å². The van der Waals surface area contributed by atoms with E-state index in [1.807, 2.05) is 25.1 Å². The number of hydrogen-bond donors (Lipinski definition) is 2. The van der Waals surface area contributed by atoms with Gasteiger partial charge in [-0.15, -0.1) is 0 Å². The van der Waals surface area contributed by atoms with Crippen molar-refractivity contribution < 1.29 is 14.7 Å². The van der Waals surface area contributed by atoms with E-state index < -0.39 is 17.6 Å². The number of nitrogens with zero attached hydrogens (tertiary/aromatic N) is 1. The molecule has 0 saturated carbocycles. The molecule has 0 spiro atoms. The molecule has 23 heavy (non-hydrogen) atoms. The van der Waals surface area contributed by atoms with Gasteiger partial charge >= 0.3 is 5.91 Å². The maximum atomic E-state index is 12.5. The molecule has 2 N–H and O–H groups in total. The van der Waals surface area contributed by atoms with E-state index in [1.165, 1.54) is 0 Å². The molecule has 0 radical (unpaired) electrons. The van der Waals surface area contributed by atoms with Crippen LogP contribution in [0.2, 0.25) is 0 Å². The molecule has 5 nitrogen and oxygen atoms in total. The minimum absolute atomic E-state index is 0.109. The third kappa shape index (κ3) is 2.89. The maximum absolute atomic E-state index is 12.5. The largest absolute Gasteiger partial charge is 0.502 e. The van der Waals surface area contributed by atoms with Crippen LogP contribution >= 0.6 is 0 Å². The van der Waals surface area contributed by atoms with Gasteiger partial charge in [0.2, 0.25) is 0 Å². The molecular weight excluding hydrogens is 292 g/mol. The van der Waals surface area contributed by atoms with Crippen LogP contribution in [0, 0.1) is 6.92 Å². The average molecular weight is 306 g/mol. The molecule has 0 unspecified atom stereocenters. The summed E-state index contributed by atoms with van der Waals surface area (Å²) < 4.78 is 0. The lowest BCUT2D eigenvalue weighted by molar-refractivity contribution is -0.117. The second kappa shape index (κ2) is 5.88. The number of aliphatic hydroxyl groups excluding tert-OH is 1. The van der Waals surface area contributed by atoms with E-state index in [9.17, 15) is 14.7 Å². The van der Waals surface area contributed by atoms with Gasteiger partial charge in [-0.2, -0.15) is 0 Å². The smallest absolute Gasteiger partial charge is 0.313 e. The number of amides is 2. The Balaban J connectivity index is 1.93. The van der Waals surface area contributed by atoms with Crippen molar-refractivity contribution >= 4 is 23.2 Å². The number of aliphatic hydroxyl groups is 1. The van der Waals surface area contributed by atoms with Gasteiger partial charge < -0.3 is 10.4 Å². The van der Waals surface area contributed by atoms with E-state index in [1.54, 1.807) is 36.4 Å². The number of aryl methyl sites for hydroxylation is 1. The Morgan fingerprint density at radius 2 is 1.70 bits per heavy atom. The lowest BCUT2D eigenvalue weighted by atomic mass is 10.0. The lowest BCUT2D eigenvalue weighted by Gasteiger charge is -2.09. The zero-order valence-corrected chi connectivity index (χ0v) is 12.4. The molecule has 1 aliphatic rings. The van der Waals surface area contributed by atoms with E-state index in [4.69, 9.17) is 0 Å². The first-order chi connectivity index (χ1) is 11.1. The summed E-state index contributed by atoms with van der Waals surface area (Å²) in [4.78, 5) is 28.0. The van der Waals surface area contributed by atoms with Gasteiger partial charge in [-0.3, -0.25) is 9.59 Å². The van der Waals surface area contributed by atoms with Gasteiger partial charge in [0, 0.05) is 11.3 Å². The maximum Gasteiger partial charge on any atom is 0.313 e. The molecule has 0 fully saturated rings. The predicted octanol–water partition coefficient (Wildman–Crippen LogP) is 2.78. The number of rotatable bonds is 3. The quantitative estimate of drug-likeness (QED) is 0.915. The standard InChI is InChI=1S/C18H14N2O3/c1-11-7-9-13(10-8-11)19-17(22)14-15(20-18(23)16(14)21)12-5-3-2-4-6-12/h2-10H,1H3,(H,19,22)(H,20,21,23). The molecule has 0 aliphatic carbocycles. The first kappa shape index (κ1) is 14.7. The van der Waals surface area contributed by atoms with E-state index >= 15 is 0 Å². The van der Waals surface area contributed by atoms with Gasteiger partial charge in [0.15, 0.2) is 5.76 Å². The van der Waals surface area contributed by atoms with Crippen molar-refractivity contribution in [2.24, 2.45) is 4.99 Å². The summed E-state index contributed by atoms with van der Waals surface area (Å²) in [7, 11) is 0. The van der Waals surface area contributed by atoms with Gasteiger partial charge in [-0.1, -0.05) is 48.0 Å². The Kier molecular flexibility index (Phi) is 3.76. The van der Waals surface area contributed by atoms with Crippen LogP contribution in [0.4, 0.5) is 5.69 Å². The zero-order chi connectivity index (χ0) is 16.4. The second-order valence-corrected chi connectivity index (χ2v) is 5.18. The molecule has 0 saturated heterocycles. The van der Waals surface area contributed by atoms with Crippen molar-refractivity contribution in [3.8, 4) is 0 Å². The van der Waals surface area contributed by atoms with Crippen LogP contribution in [0.3, 0.4) is 0 Å². The molecular formula is C18H14N2O3. The van der Waals surface area contributed by atoms with E-state index in [0.717, 1.165) is 5.56 Å². The number of hydrogen-bond acceptors (Lipinski definition) is 3. The molecule has 114 valence electrons. The molecule has 0 aromatic heterocycles. The number of benzene rings is 2. The zero-order valence-electron chi connectivity index (χ0n) is 12.4. The number of anilines is 1. The highest BCUT2D eigenvalue weighted by Gasteiger charge is 2.32. The molecule has 1 heterocycles. The fraction of sp³-hybridized carbons (Fsp3) is 0.0556. The van der Waals surface area contributed by atoms with Crippen LogP contribution in [0.25, 0.3) is 0 Å². The van der Waals surface area contributed by atoms with Crippen molar-refractivity contribution in [1.82, 2.24) is 0 Å². The Bertz CT molecular complexity index is 834. The topological polar surface area (TPSA) is 78.8 Å². The Morgan fingerprint density at radius 3 is 2.35 bits per heavy atom. The molecule has 1 aliphatic heterocycles. The SMILES string of the molecule is Cc1ccc(NC(=O)C2=C(O)C(=O)N=C2c2ccccc2)cc1. The molecule has 5 heteroatoms. The highest BCUT2D eigenvalue weighted by atomic mass is 16.3. The van der Waals surface area contributed by atoms with Crippen LogP contribution in [0.15, 0.2) is 70.9 Å². The van der Waals surface area contributed by atoms with Crippen LogP contribution in [-0.4, -0.2) is 22.6 Å².